The van der Waals surface area contributed by atoms with E-state index in [1.54, 1.807) is 0 Å². The lowest BCUT2D eigenvalue weighted by atomic mass is 10.1. The summed E-state index contributed by atoms with van der Waals surface area (Å²) in [6.45, 7) is 6.81. The van der Waals surface area contributed by atoms with Gasteiger partial charge in [0.25, 0.3) is 0 Å². The molecule has 15 heavy (non-hydrogen) atoms. The lowest BCUT2D eigenvalue weighted by Gasteiger charge is -2.16. The van der Waals surface area contributed by atoms with Gasteiger partial charge in [0.05, 0.1) is 0 Å². The fraction of sp³-hybridized carbons (Fsp3) is 0.636. The second-order valence-corrected chi connectivity index (χ2v) is 4.29. The molecule has 1 fully saturated rings. The largest absolute Gasteiger partial charge is 0.340 e. The summed E-state index contributed by atoms with van der Waals surface area (Å²) in [7, 11) is 0. The summed E-state index contributed by atoms with van der Waals surface area (Å²) in [5.41, 5.74) is 7.74. The van der Waals surface area contributed by atoms with Gasteiger partial charge >= 0.3 is 0 Å². The van der Waals surface area contributed by atoms with Crippen LogP contribution in [0, 0.1) is 19.8 Å². The Morgan fingerprint density at radius 2 is 2.07 bits per heavy atom. The summed E-state index contributed by atoms with van der Waals surface area (Å²) in [5, 5.41) is 0. The van der Waals surface area contributed by atoms with Crippen LogP contribution in [0.2, 0.25) is 0 Å². The zero-order valence-corrected chi connectivity index (χ0v) is 9.40. The molecule has 0 radical (unpaired) electrons. The Balaban J connectivity index is 2.16. The molecule has 1 atom stereocenters. The maximum absolute atomic E-state index is 5.67. The van der Waals surface area contributed by atoms with Crippen molar-refractivity contribution in [2.75, 3.05) is 24.5 Å². The number of rotatable bonds is 2. The van der Waals surface area contributed by atoms with Gasteiger partial charge in [0.1, 0.15) is 0 Å². The van der Waals surface area contributed by atoms with Crippen LogP contribution in [-0.4, -0.2) is 29.6 Å². The summed E-state index contributed by atoms with van der Waals surface area (Å²) in [4.78, 5) is 11.2. The van der Waals surface area contributed by atoms with Crippen LogP contribution in [0.3, 0.4) is 0 Å². The molecule has 0 spiro atoms. The topological polar surface area (TPSA) is 55.0 Å². The Kier molecular flexibility index (Phi) is 2.86. The number of aryl methyl sites for hydroxylation is 2. The smallest absolute Gasteiger partial charge is 0.225 e. The van der Waals surface area contributed by atoms with Gasteiger partial charge in [-0.15, -0.1) is 0 Å². The molecule has 0 aromatic carbocycles. The SMILES string of the molecule is Cc1cc(C)nc(N2CCC(CN)C2)n1. The Bertz CT molecular complexity index is 330. The first-order valence-corrected chi connectivity index (χ1v) is 5.46. The standard InChI is InChI=1S/C11H18N4/c1-8-5-9(2)14-11(13-8)15-4-3-10(6-12)7-15/h5,10H,3-4,6-7,12H2,1-2H3. The van der Waals surface area contributed by atoms with E-state index in [4.69, 9.17) is 5.73 Å². The molecule has 1 saturated heterocycles. The van der Waals surface area contributed by atoms with Crippen LogP contribution in [0.4, 0.5) is 5.95 Å². The Hall–Kier alpha value is -1.16. The van der Waals surface area contributed by atoms with Crippen LogP contribution in [0.15, 0.2) is 6.07 Å². The van der Waals surface area contributed by atoms with E-state index in [9.17, 15) is 0 Å². The summed E-state index contributed by atoms with van der Waals surface area (Å²) in [6, 6.07) is 2.00. The Morgan fingerprint density at radius 1 is 1.40 bits per heavy atom. The zero-order chi connectivity index (χ0) is 10.8. The van der Waals surface area contributed by atoms with Crippen molar-refractivity contribution in [1.82, 2.24) is 9.97 Å². The lowest BCUT2D eigenvalue weighted by Crippen LogP contribution is -2.24. The van der Waals surface area contributed by atoms with Gasteiger partial charge in [0, 0.05) is 24.5 Å². The highest BCUT2D eigenvalue weighted by Crippen LogP contribution is 2.20. The van der Waals surface area contributed by atoms with Gasteiger partial charge < -0.3 is 10.6 Å². The first-order valence-electron chi connectivity index (χ1n) is 5.46. The first-order chi connectivity index (χ1) is 7.19. The van der Waals surface area contributed by atoms with E-state index >= 15 is 0 Å². The van der Waals surface area contributed by atoms with Crippen LogP contribution in [0.1, 0.15) is 17.8 Å². The molecule has 2 rings (SSSR count). The number of hydrogen-bond acceptors (Lipinski definition) is 4. The second kappa shape index (κ2) is 4.14. The third-order valence-corrected chi connectivity index (χ3v) is 2.87. The summed E-state index contributed by atoms with van der Waals surface area (Å²) < 4.78 is 0. The van der Waals surface area contributed by atoms with Crippen LogP contribution in [-0.2, 0) is 0 Å². The molecule has 0 aliphatic carbocycles. The van der Waals surface area contributed by atoms with E-state index in [1.165, 1.54) is 0 Å². The minimum Gasteiger partial charge on any atom is -0.340 e. The molecule has 82 valence electrons. The minimum absolute atomic E-state index is 0.606. The first kappa shape index (κ1) is 10.4. The van der Waals surface area contributed by atoms with E-state index in [2.05, 4.69) is 14.9 Å². The molecule has 0 amide bonds. The van der Waals surface area contributed by atoms with Gasteiger partial charge in [-0.3, -0.25) is 0 Å². The van der Waals surface area contributed by atoms with Crippen molar-refractivity contribution in [1.29, 1.82) is 0 Å². The molecule has 2 heterocycles. The summed E-state index contributed by atoms with van der Waals surface area (Å²) >= 11 is 0. The highest BCUT2D eigenvalue weighted by molar-refractivity contribution is 5.33. The number of hydrogen-bond donors (Lipinski definition) is 1. The van der Waals surface area contributed by atoms with Crippen molar-refractivity contribution in [3.05, 3.63) is 17.5 Å². The molecule has 2 N–H and O–H groups in total. The maximum atomic E-state index is 5.67. The molecule has 1 unspecified atom stereocenters. The normalized spacial score (nSPS) is 21.0. The minimum atomic E-state index is 0.606. The van der Waals surface area contributed by atoms with Gasteiger partial charge in [0.15, 0.2) is 0 Å². The predicted octanol–water partition coefficient (Wildman–Crippen LogP) is 0.878. The van der Waals surface area contributed by atoms with E-state index in [1.807, 2.05) is 19.9 Å². The summed E-state index contributed by atoms with van der Waals surface area (Å²) in [5.74, 6) is 1.47. The van der Waals surface area contributed by atoms with Gasteiger partial charge in [-0.2, -0.15) is 0 Å². The van der Waals surface area contributed by atoms with Crippen LogP contribution >= 0.6 is 0 Å². The average Bonchev–Trinajstić information content (AvgIpc) is 2.64. The monoisotopic (exact) mass is 206 g/mol. The molecular formula is C11H18N4. The molecule has 1 aliphatic rings. The van der Waals surface area contributed by atoms with Gasteiger partial charge in [-0.1, -0.05) is 0 Å². The number of nitrogens with two attached hydrogens (primary N) is 1. The van der Waals surface area contributed by atoms with Gasteiger partial charge in [-0.05, 0) is 38.8 Å². The van der Waals surface area contributed by atoms with Crippen LogP contribution in [0.25, 0.3) is 0 Å². The Labute approximate surface area is 90.5 Å². The highest BCUT2D eigenvalue weighted by atomic mass is 15.3. The van der Waals surface area contributed by atoms with Gasteiger partial charge in [-0.25, -0.2) is 9.97 Å². The fourth-order valence-corrected chi connectivity index (χ4v) is 2.06. The van der Waals surface area contributed by atoms with Crippen molar-refractivity contribution >= 4 is 5.95 Å². The zero-order valence-electron chi connectivity index (χ0n) is 9.40. The number of aromatic nitrogens is 2. The van der Waals surface area contributed by atoms with E-state index in [0.29, 0.717) is 5.92 Å². The van der Waals surface area contributed by atoms with E-state index in [0.717, 1.165) is 43.4 Å². The van der Waals surface area contributed by atoms with E-state index in [-0.39, 0.29) is 0 Å². The second-order valence-electron chi connectivity index (χ2n) is 4.29. The third-order valence-electron chi connectivity index (χ3n) is 2.87. The Morgan fingerprint density at radius 3 is 2.60 bits per heavy atom. The highest BCUT2D eigenvalue weighted by Gasteiger charge is 2.23. The number of anilines is 1. The fourth-order valence-electron chi connectivity index (χ4n) is 2.06. The third kappa shape index (κ3) is 2.26. The van der Waals surface area contributed by atoms with Crippen molar-refractivity contribution in [2.24, 2.45) is 11.7 Å². The molecule has 1 aromatic rings. The molecule has 1 aliphatic heterocycles. The van der Waals surface area contributed by atoms with Crippen molar-refractivity contribution in [3.8, 4) is 0 Å². The maximum Gasteiger partial charge on any atom is 0.225 e. The van der Waals surface area contributed by atoms with Crippen LogP contribution in [0.5, 0.6) is 0 Å². The summed E-state index contributed by atoms with van der Waals surface area (Å²) in [6.07, 6.45) is 1.16. The van der Waals surface area contributed by atoms with Crippen molar-refractivity contribution in [2.45, 2.75) is 20.3 Å². The predicted molar refractivity (Wildman–Crippen MR) is 60.9 cm³/mol. The average molecular weight is 206 g/mol. The molecule has 4 heteroatoms. The van der Waals surface area contributed by atoms with Crippen molar-refractivity contribution in [3.63, 3.8) is 0 Å². The number of nitrogens with zero attached hydrogens (tertiary/aromatic N) is 3. The van der Waals surface area contributed by atoms with Crippen LogP contribution < -0.4 is 10.6 Å². The molecular weight excluding hydrogens is 188 g/mol. The molecule has 0 bridgehead atoms. The van der Waals surface area contributed by atoms with Gasteiger partial charge in [0.2, 0.25) is 5.95 Å². The molecule has 0 saturated carbocycles. The molecule has 1 aromatic heterocycles. The quantitative estimate of drug-likeness (QED) is 0.780. The lowest BCUT2D eigenvalue weighted by molar-refractivity contribution is 0.601. The molecule has 4 nitrogen and oxygen atoms in total. The van der Waals surface area contributed by atoms with E-state index < -0.39 is 0 Å². The van der Waals surface area contributed by atoms with Crippen molar-refractivity contribution < 1.29 is 0 Å².